The van der Waals surface area contributed by atoms with E-state index in [0.29, 0.717) is 5.69 Å². The van der Waals surface area contributed by atoms with Crippen LogP contribution in [0.3, 0.4) is 0 Å². The highest BCUT2D eigenvalue weighted by Crippen LogP contribution is 2.11. The summed E-state index contributed by atoms with van der Waals surface area (Å²) in [4.78, 5) is 10.3. The fourth-order valence-electron chi connectivity index (χ4n) is 0.973. The molecule has 0 unspecified atom stereocenters. The summed E-state index contributed by atoms with van der Waals surface area (Å²) in [5.41, 5.74) is 1.82. The van der Waals surface area contributed by atoms with Crippen molar-refractivity contribution >= 4 is 11.7 Å². The molecule has 13 heavy (non-hydrogen) atoms. The lowest BCUT2D eigenvalue weighted by atomic mass is 10.2. The molecule has 3 N–H and O–H groups in total. The molecule has 0 atom stereocenters. The second kappa shape index (κ2) is 3.91. The molecule has 0 fully saturated rings. The van der Waals surface area contributed by atoms with Crippen LogP contribution >= 0.6 is 0 Å². The van der Waals surface area contributed by atoms with Crippen LogP contribution in [0.25, 0.3) is 0 Å². The molecule has 0 bridgehead atoms. The van der Waals surface area contributed by atoms with Crippen molar-refractivity contribution in [1.82, 2.24) is 0 Å². The van der Waals surface area contributed by atoms with E-state index in [1.54, 1.807) is 12.1 Å². The fraction of sp³-hybridized carbons (Fsp3) is 0.222. The van der Waals surface area contributed by atoms with Gasteiger partial charge < -0.3 is 5.11 Å². The van der Waals surface area contributed by atoms with Gasteiger partial charge in [-0.2, -0.15) is 0 Å². The number of carboxylic acid groups (broad SMARTS) is 1. The maximum atomic E-state index is 10.3. The largest absolute Gasteiger partial charge is 0.480 e. The summed E-state index contributed by atoms with van der Waals surface area (Å²) in [5.74, 6) is 4.56. The highest BCUT2D eigenvalue weighted by Gasteiger charge is 2.04. The molecule has 0 spiro atoms. The number of nitrogens with two attached hydrogens (primary N) is 1. The first kappa shape index (κ1) is 9.54. The predicted octanol–water partition coefficient (Wildman–Crippen LogP) is 0.760. The Bertz CT molecular complexity index is 295. The monoisotopic (exact) mass is 180 g/mol. The molecule has 0 aromatic heterocycles. The Morgan fingerprint density at radius 1 is 1.46 bits per heavy atom. The summed E-state index contributed by atoms with van der Waals surface area (Å²) in [6.45, 7) is 1.77. The number of hydrogen-bond acceptors (Lipinski definition) is 3. The first-order valence-corrected chi connectivity index (χ1v) is 3.90. The van der Waals surface area contributed by atoms with Gasteiger partial charge in [0.2, 0.25) is 0 Å². The minimum Gasteiger partial charge on any atom is -0.480 e. The Labute approximate surface area is 76.6 Å². The summed E-state index contributed by atoms with van der Waals surface area (Å²) in [6, 6.07) is 7.35. The van der Waals surface area contributed by atoms with Gasteiger partial charge in [-0.3, -0.25) is 9.80 Å². The smallest absolute Gasteiger partial charge is 0.324 e. The summed E-state index contributed by atoms with van der Waals surface area (Å²) < 4.78 is 0. The van der Waals surface area contributed by atoms with Gasteiger partial charge >= 0.3 is 5.97 Å². The van der Waals surface area contributed by atoms with Crippen LogP contribution in [-0.2, 0) is 4.79 Å². The van der Waals surface area contributed by atoms with Gasteiger partial charge in [-0.05, 0) is 19.1 Å². The molecule has 0 aliphatic rings. The maximum absolute atomic E-state index is 10.3. The lowest BCUT2D eigenvalue weighted by Gasteiger charge is -2.15. The number of hydrazine groups is 1. The van der Waals surface area contributed by atoms with Crippen molar-refractivity contribution in [3.63, 3.8) is 0 Å². The first-order chi connectivity index (χ1) is 6.09. The van der Waals surface area contributed by atoms with E-state index in [4.69, 9.17) is 10.9 Å². The minimum atomic E-state index is -0.942. The third-order valence-electron chi connectivity index (χ3n) is 1.67. The number of nitrogens with zero attached hydrogens (tertiary/aromatic N) is 1. The number of benzene rings is 1. The topological polar surface area (TPSA) is 66.6 Å². The fourth-order valence-corrected chi connectivity index (χ4v) is 0.973. The van der Waals surface area contributed by atoms with Crippen LogP contribution in [0, 0.1) is 6.92 Å². The van der Waals surface area contributed by atoms with E-state index >= 15 is 0 Å². The SMILES string of the molecule is Cc1ccc(N(N)CC(=O)O)cc1. The molecule has 0 aliphatic heterocycles. The van der Waals surface area contributed by atoms with E-state index in [1.165, 1.54) is 5.01 Å². The molecular formula is C9H12N2O2. The Hall–Kier alpha value is -1.55. The van der Waals surface area contributed by atoms with Gasteiger partial charge in [0.05, 0.1) is 5.69 Å². The zero-order chi connectivity index (χ0) is 9.84. The average molecular weight is 180 g/mol. The highest BCUT2D eigenvalue weighted by atomic mass is 16.4. The van der Waals surface area contributed by atoms with Gasteiger partial charge in [0, 0.05) is 0 Å². The molecule has 0 saturated heterocycles. The van der Waals surface area contributed by atoms with Crippen LogP contribution in [0.1, 0.15) is 5.56 Å². The van der Waals surface area contributed by atoms with Gasteiger partial charge in [-0.25, -0.2) is 5.84 Å². The van der Waals surface area contributed by atoms with Gasteiger partial charge in [0.1, 0.15) is 6.54 Å². The Morgan fingerprint density at radius 3 is 2.46 bits per heavy atom. The number of aliphatic carboxylic acids is 1. The van der Waals surface area contributed by atoms with E-state index in [9.17, 15) is 4.79 Å². The van der Waals surface area contributed by atoms with Crippen molar-refractivity contribution in [1.29, 1.82) is 0 Å². The number of carbonyl (C=O) groups is 1. The zero-order valence-corrected chi connectivity index (χ0v) is 7.40. The third kappa shape index (κ3) is 2.76. The average Bonchev–Trinajstić information content (AvgIpc) is 2.04. The molecule has 4 heteroatoms. The van der Waals surface area contributed by atoms with E-state index in [1.807, 2.05) is 19.1 Å². The quantitative estimate of drug-likeness (QED) is 0.532. The second-order valence-corrected chi connectivity index (χ2v) is 2.86. The maximum Gasteiger partial charge on any atom is 0.324 e. The van der Waals surface area contributed by atoms with Crippen LogP contribution < -0.4 is 10.9 Å². The van der Waals surface area contributed by atoms with Crippen LogP contribution in [0.4, 0.5) is 5.69 Å². The summed E-state index contributed by atoms with van der Waals surface area (Å²) in [5, 5.41) is 9.67. The summed E-state index contributed by atoms with van der Waals surface area (Å²) in [7, 11) is 0. The number of carboxylic acids is 1. The van der Waals surface area contributed by atoms with Crippen LogP contribution in [0.2, 0.25) is 0 Å². The van der Waals surface area contributed by atoms with Gasteiger partial charge in [0.25, 0.3) is 0 Å². The van der Waals surface area contributed by atoms with Crippen molar-refractivity contribution in [2.24, 2.45) is 5.84 Å². The van der Waals surface area contributed by atoms with Gasteiger partial charge in [-0.15, -0.1) is 0 Å². The molecule has 0 radical (unpaired) electrons. The third-order valence-corrected chi connectivity index (χ3v) is 1.67. The van der Waals surface area contributed by atoms with E-state index in [2.05, 4.69) is 0 Å². The lowest BCUT2D eigenvalue weighted by molar-refractivity contribution is -0.135. The van der Waals surface area contributed by atoms with Crippen molar-refractivity contribution in [3.8, 4) is 0 Å². The summed E-state index contributed by atoms with van der Waals surface area (Å²) in [6.07, 6.45) is 0. The van der Waals surface area contributed by atoms with Crippen LogP contribution in [0.5, 0.6) is 0 Å². The molecule has 0 saturated carbocycles. The van der Waals surface area contributed by atoms with Crippen molar-refractivity contribution < 1.29 is 9.90 Å². The zero-order valence-electron chi connectivity index (χ0n) is 7.40. The van der Waals surface area contributed by atoms with Crippen molar-refractivity contribution in [2.45, 2.75) is 6.92 Å². The normalized spacial score (nSPS) is 9.69. The number of aryl methyl sites for hydroxylation is 1. The van der Waals surface area contributed by atoms with E-state index in [-0.39, 0.29) is 6.54 Å². The molecule has 0 amide bonds. The van der Waals surface area contributed by atoms with Crippen molar-refractivity contribution in [3.05, 3.63) is 29.8 Å². The Kier molecular flexibility index (Phi) is 2.87. The standard InChI is InChI=1S/C9H12N2O2/c1-7-2-4-8(5-3-7)11(10)6-9(12)13/h2-5H,6,10H2,1H3,(H,12,13). The highest BCUT2D eigenvalue weighted by molar-refractivity contribution is 5.73. The van der Waals surface area contributed by atoms with Gasteiger partial charge in [-0.1, -0.05) is 17.7 Å². The number of rotatable bonds is 3. The van der Waals surface area contributed by atoms with Crippen LogP contribution in [0.15, 0.2) is 24.3 Å². The Balaban J connectivity index is 2.71. The first-order valence-electron chi connectivity index (χ1n) is 3.90. The molecule has 1 aromatic carbocycles. The molecule has 0 heterocycles. The molecule has 1 aromatic rings. The van der Waals surface area contributed by atoms with Crippen LogP contribution in [-0.4, -0.2) is 17.6 Å². The predicted molar refractivity (Wildman–Crippen MR) is 50.3 cm³/mol. The molecular weight excluding hydrogens is 168 g/mol. The Morgan fingerprint density at radius 2 is 2.00 bits per heavy atom. The van der Waals surface area contributed by atoms with E-state index < -0.39 is 5.97 Å². The molecule has 0 aliphatic carbocycles. The minimum absolute atomic E-state index is 0.191. The number of anilines is 1. The molecule has 4 nitrogen and oxygen atoms in total. The summed E-state index contributed by atoms with van der Waals surface area (Å²) >= 11 is 0. The lowest BCUT2D eigenvalue weighted by Crippen LogP contribution is -2.35. The molecule has 1 rings (SSSR count). The molecule has 70 valence electrons. The van der Waals surface area contributed by atoms with E-state index in [0.717, 1.165) is 5.56 Å². The second-order valence-electron chi connectivity index (χ2n) is 2.86. The van der Waals surface area contributed by atoms with Gasteiger partial charge in [0.15, 0.2) is 0 Å². The number of hydrogen-bond donors (Lipinski definition) is 2. The van der Waals surface area contributed by atoms with Crippen molar-refractivity contribution in [2.75, 3.05) is 11.6 Å².